The fourth-order valence-electron chi connectivity index (χ4n) is 3.54. The fourth-order valence-corrected chi connectivity index (χ4v) is 3.54. The molecule has 0 spiro atoms. The van der Waals surface area contributed by atoms with Gasteiger partial charge in [0.15, 0.2) is 0 Å². The van der Waals surface area contributed by atoms with Gasteiger partial charge >= 0.3 is 0 Å². The normalized spacial score (nSPS) is 14.4. The topological polar surface area (TPSA) is 103 Å². The third kappa shape index (κ3) is 4.36. The zero-order valence-corrected chi connectivity index (χ0v) is 17.8. The smallest absolute Gasteiger partial charge is 0.267 e. The number of rotatable bonds is 5. The van der Waals surface area contributed by atoms with Crippen molar-refractivity contribution >= 4 is 5.91 Å². The van der Waals surface area contributed by atoms with Gasteiger partial charge in [-0.05, 0) is 43.3 Å². The number of amides is 1. The molecule has 1 fully saturated rings. The van der Waals surface area contributed by atoms with Gasteiger partial charge in [0, 0.05) is 25.5 Å². The van der Waals surface area contributed by atoms with Gasteiger partial charge in [0.2, 0.25) is 0 Å². The Morgan fingerprint density at radius 2 is 1.88 bits per heavy atom. The Morgan fingerprint density at radius 3 is 2.61 bits per heavy atom. The Hall–Kier alpha value is -3.96. The van der Waals surface area contributed by atoms with Crippen molar-refractivity contribution in [2.24, 2.45) is 0 Å². The SMILES string of the molecule is Cc1nnn(-c2ccc(F)cc2)c1-c1cn(-c2ccc(C(=O)NN3CCOCC3)cn2)cn1. The van der Waals surface area contributed by atoms with E-state index in [-0.39, 0.29) is 11.7 Å². The van der Waals surface area contributed by atoms with Crippen LogP contribution in [0.4, 0.5) is 4.39 Å². The number of carbonyl (C=O) groups is 1. The Kier molecular flexibility index (Phi) is 5.63. The number of hydrogen-bond donors (Lipinski definition) is 1. The Balaban J connectivity index is 1.36. The van der Waals surface area contributed by atoms with E-state index in [0.29, 0.717) is 60.5 Å². The van der Waals surface area contributed by atoms with E-state index in [1.54, 1.807) is 39.8 Å². The molecule has 168 valence electrons. The number of hydrazine groups is 1. The van der Waals surface area contributed by atoms with Gasteiger partial charge in [0.25, 0.3) is 5.91 Å². The van der Waals surface area contributed by atoms with Gasteiger partial charge in [-0.1, -0.05) is 5.21 Å². The lowest BCUT2D eigenvalue weighted by Crippen LogP contribution is -2.48. The summed E-state index contributed by atoms with van der Waals surface area (Å²) in [5.41, 5.74) is 6.02. The predicted molar refractivity (Wildman–Crippen MR) is 116 cm³/mol. The lowest BCUT2D eigenvalue weighted by atomic mass is 10.2. The first-order valence-electron chi connectivity index (χ1n) is 10.4. The van der Waals surface area contributed by atoms with Crippen LogP contribution in [0.15, 0.2) is 55.1 Å². The van der Waals surface area contributed by atoms with Crippen molar-refractivity contribution in [1.29, 1.82) is 0 Å². The first kappa shape index (κ1) is 20.9. The second-order valence-corrected chi connectivity index (χ2v) is 7.52. The number of ether oxygens (including phenoxy) is 1. The van der Waals surface area contributed by atoms with E-state index in [0.717, 1.165) is 0 Å². The van der Waals surface area contributed by atoms with Gasteiger partial charge < -0.3 is 4.74 Å². The van der Waals surface area contributed by atoms with Crippen LogP contribution in [0.2, 0.25) is 0 Å². The van der Waals surface area contributed by atoms with Crippen LogP contribution in [0.3, 0.4) is 0 Å². The van der Waals surface area contributed by atoms with Gasteiger partial charge in [-0.3, -0.25) is 14.8 Å². The molecule has 0 aliphatic carbocycles. The van der Waals surface area contributed by atoms with Crippen LogP contribution in [-0.2, 0) is 4.74 Å². The van der Waals surface area contributed by atoms with Crippen molar-refractivity contribution in [3.63, 3.8) is 0 Å². The minimum atomic E-state index is -0.324. The molecule has 4 aromatic rings. The van der Waals surface area contributed by atoms with Crippen LogP contribution in [0.5, 0.6) is 0 Å². The summed E-state index contributed by atoms with van der Waals surface area (Å²) in [6, 6.07) is 9.47. The summed E-state index contributed by atoms with van der Waals surface area (Å²) in [4.78, 5) is 21.4. The van der Waals surface area contributed by atoms with E-state index < -0.39 is 0 Å². The summed E-state index contributed by atoms with van der Waals surface area (Å²) < 4.78 is 22.0. The molecule has 10 nitrogen and oxygen atoms in total. The molecule has 1 aliphatic heterocycles. The van der Waals surface area contributed by atoms with Crippen LogP contribution >= 0.6 is 0 Å². The number of aryl methyl sites for hydroxylation is 1. The average Bonchev–Trinajstić information content (AvgIpc) is 3.47. The van der Waals surface area contributed by atoms with Crippen molar-refractivity contribution in [2.75, 3.05) is 26.3 Å². The van der Waals surface area contributed by atoms with Gasteiger partial charge in [0.1, 0.15) is 29.4 Å². The molecule has 1 saturated heterocycles. The highest BCUT2D eigenvalue weighted by Crippen LogP contribution is 2.24. The number of nitrogens with one attached hydrogen (secondary N) is 1. The molecule has 33 heavy (non-hydrogen) atoms. The minimum Gasteiger partial charge on any atom is -0.379 e. The van der Waals surface area contributed by atoms with E-state index in [2.05, 4.69) is 25.7 Å². The molecule has 0 atom stereocenters. The molecule has 1 aromatic carbocycles. The third-order valence-corrected chi connectivity index (χ3v) is 5.28. The van der Waals surface area contributed by atoms with Gasteiger partial charge in [0.05, 0.1) is 30.2 Å². The van der Waals surface area contributed by atoms with Crippen LogP contribution in [0.25, 0.3) is 22.9 Å². The second kappa shape index (κ2) is 8.88. The van der Waals surface area contributed by atoms with Gasteiger partial charge in [-0.25, -0.2) is 24.0 Å². The summed E-state index contributed by atoms with van der Waals surface area (Å²) in [7, 11) is 0. The lowest BCUT2D eigenvalue weighted by Gasteiger charge is -2.26. The first-order valence-corrected chi connectivity index (χ1v) is 10.4. The number of nitrogens with zero attached hydrogens (tertiary/aromatic N) is 7. The zero-order valence-electron chi connectivity index (χ0n) is 17.8. The molecular weight excluding hydrogens is 427 g/mol. The van der Waals surface area contributed by atoms with Crippen LogP contribution in [0.1, 0.15) is 16.1 Å². The quantitative estimate of drug-likeness (QED) is 0.498. The lowest BCUT2D eigenvalue weighted by molar-refractivity contribution is 0.0126. The van der Waals surface area contributed by atoms with E-state index in [4.69, 9.17) is 4.74 Å². The number of aromatic nitrogens is 6. The largest absolute Gasteiger partial charge is 0.379 e. The van der Waals surface area contributed by atoms with Crippen LogP contribution < -0.4 is 5.43 Å². The molecule has 0 saturated carbocycles. The molecule has 0 bridgehead atoms. The monoisotopic (exact) mass is 448 g/mol. The van der Waals surface area contributed by atoms with Crippen molar-refractivity contribution in [1.82, 2.24) is 40.0 Å². The van der Waals surface area contributed by atoms with Gasteiger partial charge in [-0.15, -0.1) is 5.10 Å². The molecule has 4 heterocycles. The molecule has 1 N–H and O–H groups in total. The zero-order chi connectivity index (χ0) is 22.8. The molecular formula is C22H21FN8O2. The van der Waals surface area contributed by atoms with E-state index in [9.17, 15) is 9.18 Å². The second-order valence-electron chi connectivity index (χ2n) is 7.52. The highest BCUT2D eigenvalue weighted by atomic mass is 19.1. The molecule has 0 unspecified atom stereocenters. The maximum atomic E-state index is 13.3. The maximum Gasteiger partial charge on any atom is 0.267 e. The third-order valence-electron chi connectivity index (χ3n) is 5.28. The van der Waals surface area contributed by atoms with Gasteiger partial charge in [-0.2, -0.15) is 0 Å². The highest BCUT2D eigenvalue weighted by molar-refractivity contribution is 5.93. The molecule has 0 radical (unpaired) electrons. The molecule has 1 aliphatic rings. The number of halogens is 1. The van der Waals surface area contributed by atoms with Crippen molar-refractivity contribution < 1.29 is 13.9 Å². The van der Waals surface area contributed by atoms with Crippen molar-refractivity contribution in [2.45, 2.75) is 6.92 Å². The van der Waals surface area contributed by atoms with Crippen LogP contribution in [-0.4, -0.2) is 66.7 Å². The van der Waals surface area contributed by atoms with E-state index in [1.165, 1.54) is 18.3 Å². The first-order chi connectivity index (χ1) is 16.1. The summed E-state index contributed by atoms with van der Waals surface area (Å²) in [6.45, 7) is 4.32. The molecule has 1 amide bonds. The number of carbonyl (C=O) groups excluding carboxylic acids is 1. The fraction of sp³-hybridized carbons (Fsp3) is 0.227. The predicted octanol–water partition coefficient (Wildman–Crippen LogP) is 1.94. The average molecular weight is 448 g/mol. The summed E-state index contributed by atoms with van der Waals surface area (Å²) in [6.07, 6.45) is 4.97. The van der Waals surface area contributed by atoms with Crippen molar-refractivity contribution in [3.8, 4) is 22.9 Å². The summed E-state index contributed by atoms with van der Waals surface area (Å²) in [5.74, 6) is 0.0665. The standard InChI is InChI=1S/C22H21FN8O2/c1-15-21(31(28-26-15)18-5-3-17(23)4-6-18)19-13-29(14-25-19)20-7-2-16(12-24-20)22(32)27-30-8-10-33-11-9-30/h2-7,12-14H,8-11H2,1H3,(H,27,32). The summed E-state index contributed by atoms with van der Waals surface area (Å²) >= 11 is 0. The Labute approximate surface area is 188 Å². The number of pyridine rings is 1. The molecule has 5 rings (SSSR count). The number of morpholine rings is 1. The Bertz CT molecular complexity index is 1260. The molecule has 11 heteroatoms. The van der Waals surface area contributed by atoms with Crippen molar-refractivity contribution in [3.05, 3.63) is 72.2 Å². The molecule has 3 aromatic heterocycles. The van der Waals surface area contributed by atoms with E-state index in [1.807, 2.05) is 18.1 Å². The van der Waals surface area contributed by atoms with E-state index >= 15 is 0 Å². The Morgan fingerprint density at radius 1 is 1.09 bits per heavy atom. The number of benzene rings is 1. The van der Waals surface area contributed by atoms with Crippen LogP contribution in [0, 0.1) is 12.7 Å². The maximum absolute atomic E-state index is 13.3. The highest BCUT2D eigenvalue weighted by Gasteiger charge is 2.17. The minimum absolute atomic E-state index is 0.216. The number of hydrogen-bond acceptors (Lipinski definition) is 7. The number of imidazole rings is 1. The summed E-state index contributed by atoms with van der Waals surface area (Å²) in [5, 5.41) is 10.2.